The van der Waals surface area contributed by atoms with Crippen LogP contribution in [0.25, 0.3) is 5.69 Å². The van der Waals surface area contributed by atoms with Gasteiger partial charge in [0, 0.05) is 12.6 Å². The van der Waals surface area contributed by atoms with Crippen LogP contribution in [0.3, 0.4) is 0 Å². The summed E-state index contributed by atoms with van der Waals surface area (Å²) in [5.74, 6) is 0.636. The van der Waals surface area contributed by atoms with E-state index < -0.39 is 0 Å². The molecule has 1 heterocycles. The van der Waals surface area contributed by atoms with Gasteiger partial charge in [0.1, 0.15) is 0 Å². The minimum atomic E-state index is 0.170. The van der Waals surface area contributed by atoms with Crippen molar-refractivity contribution in [2.24, 2.45) is 5.73 Å². The van der Waals surface area contributed by atoms with Gasteiger partial charge in [0.25, 0.3) is 0 Å². The molecule has 0 saturated carbocycles. The molecule has 0 aliphatic heterocycles. The van der Waals surface area contributed by atoms with Crippen LogP contribution in [0.15, 0.2) is 30.3 Å². The summed E-state index contributed by atoms with van der Waals surface area (Å²) in [4.78, 5) is 0. The van der Waals surface area contributed by atoms with Gasteiger partial charge in [0.2, 0.25) is 5.95 Å². The first-order valence-corrected chi connectivity index (χ1v) is 5.60. The van der Waals surface area contributed by atoms with Crippen molar-refractivity contribution in [2.75, 3.05) is 11.9 Å². The van der Waals surface area contributed by atoms with Gasteiger partial charge < -0.3 is 11.1 Å². The van der Waals surface area contributed by atoms with E-state index in [4.69, 9.17) is 5.73 Å². The van der Waals surface area contributed by atoms with E-state index in [-0.39, 0.29) is 6.04 Å². The maximum absolute atomic E-state index is 5.68. The highest BCUT2D eigenvalue weighted by atomic mass is 15.6. The third kappa shape index (κ3) is 3.01. The third-order valence-corrected chi connectivity index (χ3v) is 2.35. The van der Waals surface area contributed by atoms with Crippen molar-refractivity contribution < 1.29 is 0 Å². The molecule has 6 nitrogen and oxygen atoms in total. The Hall–Kier alpha value is -1.95. The zero-order valence-corrected chi connectivity index (χ0v) is 9.74. The summed E-state index contributed by atoms with van der Waals surface area (Å²) < 4.78 is 1.67. The van der Waals surface area contributed by atoms with Crippen LogP contribution >= 0.6 is 0 Å². The topological polar surface area (TPSA) is 81.7 Å². The Morgan fingerprint density at radius 1 is 1.35 bits per heavy atom. The lowest BCUT2D eigenvalue weighted by atomic mass is 10.2. The van der Waals surface area contributed by atoms with Crippen molar-refractivity contribution in [3.63, 3.8) is 0 Å². The van der Waals surface area contributed by atoms with Crippen LogP contribution in [-0.4, -0.2) is 32.8 Å². The van der Waals surface area contributed by atoms with E-state index in [1.165, 1.54) is 0 Å². The zero-order valence-electron chi connectivity index (χ0n) is 9.74. The maximum Gasteiger partial charge on any atom is 0.247 e. The molecule has 0 aliphatic carbocycles. The summed E-state index contributed by atoms with van der Waals surface area (Å²) in [7, 11) is 0. The molecule has 2 rings (SSSR count). The second-order valence-electron chi connectivity index (χ2n) is 3.94. The fourth-order valence-corrected chi connectivity index (χ4v) is 1.45. The van der Waals surface area contributed by atoms with Gasteiger partial charge in [0.05, 0.1) is 5.69 Å². The van der Waals surface area contributed by atoms with Gasteiger partial charge in [-0.3, -0.25) is 0 Å². The number of tetrazole rings is 1. The molecule has 0 bridgehead atoms. The average Bonchev–Trinajstić information content (AvgIpc) is 2.78. The van der Waals surface area contributed by atoms with Crippen molar-refractivity contribution in [1.82, 2.24) is 20.2 Å². The predicted molar refractivity (Wildman–Crippen MR) is 65.9 cm³/mol. The normalized spacial score (nSPS) is 12.4. The Kier molecular flexibility index (Phi) is 3.66. The largest absolute Gasteiger partial charge is 0.353 e. The number of nitrogens with one attached hydrogen (secondary N) is 1. The molecule has 0 radical (unpaired) electrons. The Morgan fingerprint density at radius 2 is 2.12 bits per heavy atom. The van der Waals surface area contributed by atoms with Gasteiger partial charge in [0.15, 0.2) is 0 Å². The Morgan fingerprint density at radius 3 is 2.82 bits per heavy atom. The van der Waals surface area contributed by atoms with Gasteiger partial charge in [-0.05, 0) is 35.9 Å². The standard InChI is InChI=1S/C11H16N6/c1-9(12)7-8-13-11-14-15-16-17(11)10-5-3-2-4-6-10/h2-6,9H,7-8,12H2,1H3,(H,13,14,16). The van der Waals surface area contributed by atoms with E-state index >= 15 is 0 Å². The first-order chi connectivity index (χ1) is 8.27. The maximum atomic E-state index is 5.68. The summed E-state index contributed by atoms with van der Waals surface area (Å²) in [6.07, 6.45) is 0.877. The Bertz CT molecular complexity index is 450. The first-order valence-electron chi connectivity index (χ1n) is 5.60. The second kappa shape index (κ2) is 5.40. The van der Waals surface area contributed by atoms with E-state index in [0.717, 1.165) is 18.7 Å². The molecular formula is C11H16N6. The number of hydrogen-bond donors (Lipinski definition) is 2. The monoisotopic (exact) mass is 232 g/mol. The van der Waals surface area contributed by atoms with Gasteiger partial charge >= 0.3 is 0 Å². The summed E-state index contributed by atoms with van der Waals surface area (Å²) in [5.41, 5.74) is 6.61. The van der Waals surface area contributed by atoms with Crippen molar-refractivity contribution in [3.8, 4) is 5.69 Å². The number of para-hydroxylation sites is 1. The number of anilines is 1. The lowest BCUT2D eigenvalue weighted by Gasteiger charge is -2.08. The average molecular weight is 232 g/mol. The molecule has 0 amide bonds. The molecule has 90 valence electrons. The summed E-state index contributed by atoms with van der Waals surface area (Å²) >= 11 is 0. The SMILES string of the molecule is CC(N)CCNc1nnnn1-c1ccccc1. The minimum absolute atomic E-state index is 0.170. The molecule has 1 aromatic carbocycles. The van der Waals surface area contributed by atoms with E-state index in [9.17, 15) is 0 Å². The second-order valence-corrected chi connectivity index (χ2v) is 3.94. The summed E-state index contributed by atoms with van der Waals surface area (Å²) in [6, 6.07) is 9.92. The summed E-state index contributed by atoms with van der Waals surface area (Å²) in [6.45, 7) is 2.73. The first kappa shape index (κ1) is 11.5. The lowest BCUT2D eigenvalue weighted by molar-refractivity contribution is 0.686. The number of hydrogen-bond acceptors (Lipinski definition) is 5. The van der Waals surface area contributed by atoms with E-state index in [1.54, 1.807) is 4.68 Å². The molecular weight excluding hydrogens is 216 g/mol. The summed E-state index contributed by atoms with van der Waals surface area (Å²) in [5, 5.41) is 14.7. The van der Waals surface area contributed by atoms with Crippen LogP contribution in [0.4, 0.5) is 5.95 Å². The third-order valence-electron chi connectivity index (χ3n) is 2.35. The van der Waals surface area contributed by atoms with E-state index in [1.807, 2.05) is 37.3 Å². The number of rotatable bonds is 5. The number of aromatic nitrogens is 4. The van der Waals surface area contributed by atoms with Crippen LogP contribution in [0.1, 0.15) is 13.3 Å². The van der Waals surface area contributed by atoms with Crippen molar-refractivity contribution in [3.05, 3.63) is 30.3 Å². The number of benzene rings is 1. The fraction of sp³-hybridized carbons (Fsp3) is 0.364. The minimum Gasteiger partial charge on any atom is -0.353 e. The van der Waals surface area contributed by atoms with Gasteiger partial charge in [-0.2, -0.15) is 4.68 Å². The molecule has 1 unspecified atom stereocenters. The number of nitrogens with two attached hydrogens (primary N) is 1. The van der Waals surface area contributed by atoms with Crippen LogP contribution in [0.2, 0.25) is 0 Å². The molecule has 6 heteroatoms. The predicted octanol–water partition coefficient (Wildman–Crippen LogP) is 0.811. The van der Waals surface area contributed by atoms with E-state index in [2.05, 4.69) is 20.8 Å². The molecule has 1 aromatic heterocycles. The Balaban J connectivity index is 2.07. The van der Waals surface area contributed by atoms with Gasteiger partial charge in [-0.1, -0.05) is 23.3 Å². The molecule has 2 aromatic rings. The van der Waals surface area contributed by atoms with Crippen molar-refractivity contribution in [1.29, 1.82) is 0 Å². The van der Waals surface area contributed by atoms with Crippen LogP contribution in [0, 0.1) is 0 Å². The van der Waals surface area contributed by atoms with Crippen LogP contribution < -0.4 is 11.1 Å². The smallest absolute Gasteiger partial charge is 0.247 e. The highest BCUT2D eigenvalue weighted by Gasteiger charge is 2.06. The molecule has 0 saturated heterocycles. The zero-order chi connectivity index (χ0) is 12.1. The van der Waals surface area contributed by atoms with Crippen molar-refractivity contribution >= 4 is 5.95 Å². The molecule has 0 aliphatic rings. The van der Waals surface area contributed by atoms with Crippen LogP contribution in [-0.2, 0) is 0 Å². The van der Waals surface area contributed by atoms with Gasteiger partial charge in [-0.25, -0.2) is 0 Å². The number of nitrogens with zero attached hydrogens (tertiary/aromatic N) is 4. The highest BCUT2D eigenvalue weighted by molar-refractivity contribution is 5.38. The Labute approximate surface area is 99.8 Å². The molecule has 0 fully saturated rings. The quantitative estimate of drug-likeness (QED) is 0.797. The van der Waals surface area contributed by atoms with Crippen molar-refractivity contribution in [2.45, 2.75) is 19.4 Å². The van der Waals surface area contributed by atoms with E-state index in [0.29, 0.717) is 5.95 Å². The molecule has 3 N–H and O–H groups in total. The molecule has 0 spiro atoms. The molecule has 1 atom stereocenters. The lowest BCUT2D eigenvalue weighted by Crippen LogP contribution is -2.20. The molecule has 17 heavy (non-hydrogen) atoms. The fourth-order valence-electron chi connectivity index (χ4n) is 1.45. The van der Waals surface area contributed by atoms with Gasteiger partial charge in [-0.15, -0.1) is 0 Å². The highest BCUT2D eigenvalue weighted by Crippen LogP contribution is 2.10. The van der Waals surface area contributed by atoms with Crippen LogP contribution in [0.5, 0.6) is 0 Å².